The molecule has 1 atom stereocenters. The number of benzene rings is 2. The minimum Gasteiger partial charge on any atom is -0.465 e. The summed E-state index contributed by atoms with van der Waals surface area (Å²) in [5.41, 5.74) is 9.39. The summed E-state index contributed by atoms with van der Waals surface area (Å²) in [7, 11) is 1.36. The van der Waals surface area contributed by atoms with Gasteiger partial charge in [-0.05, 0) is 55.3 Å². The molecule has 3 rings (SSSR count). The lowest BCUT2D eigenvalue weighted by molar-refractivity contribution is 0.0600. The Morgan fingerprint density at radius 3 is 2.62 bits per heavy atom. The molecule has 1 fully saturated rings. The van der Waals surface area contributed by atoms with Gasteiger partial charge < -0.3 is 21.1 Å². The maximum Gasteiger partial charge on any atom is 0.337 e. The zero-order valence-corrected chi connectivity index (χ0v) is 16.7. The first kappa shape index (κ1) is 20.7. The van der Waals surface area contributed by atoms with E-state index in [1.165, 1.54) is 13.5 Å². The van der Waals surface area contributed by atoms with Crippen LogP contribution in [0.4, 0.5) is 11.4 Å². The van der Waals surface area contributed by atoms with E-state index < -0.39 is 0 Å². The molecule has 0 spiro atoms. The van der Waals surface area contributed by atoms with Crippen LogP contribution >= 0.6 is 0 Å². The van der Waals surface area contributed by atoms with Crippen molar-refractivity contribution < 1.29 is 14.3 Å². The van der Waals surface area contributed by atoms with Crippen molar-refractivity contribution in [2.24, 2.45) is 0 Å². The van der Waals surface area contributed by atoms with Crippen molar-refractivity contribution in [2.45, 2.75) is 38.4 Å². The number of ether oxygens (including phenoxy) is 1. The van der Waals surface area contributed by atoms with Crippen LogP contribution in [0, 0.1) is 0 Å². The Labute approximate surface area is 171 Å². The molecule has 7 nitrogen and oxygen atoms in total. The number of amides is 1. The molecule has 2 aromatic rings. The molecule has 1 amide bonds. The number of nitrogens with one attached hydrogen (secondary N) is 3. The molecule has 7 heteroatoms. The Morgan fingerprint density at radius 1 is 1.10 bits per heavy atom. The molecule has 1 unspecified atom stereocenters. The average Bonchev–Trinajstić information content (AvgIpc) is 3.01. The number of methoxy groups -OCH3 is 1. The maximum atomic E-state index is 12.6. The van der Waals surface area contributed by atoms with Crippen LogP contribution in [-0.2, 0) is 11.3 Å². The van der Waals surface area contributed by atoms with Gasteiger partial charge in [-0.2, -0.15) is 0 Å². The zero-order valence-electron chi connectivity index (χ0n) is 16.7. The fourth-order valence-corrected chi connectivity index (χ4v) is 3.32. The van der Waals surface area contributed by atoms with Gasteiger partial charge in [0.2, 0.25) is 0 Å². The fraction of sp³-hybridized carbons (Fsp3) is 0.364. The van der Waals surface area contributed by atoms with E-state index in [1.54, 1.807) is 30.3 Å². The third-order valence-corrected chi connectivity index (χ3v) is 5.04. The summed E-state index contributed by atoms with van der Waals surface area (Å²) in [4.78, 5) is 24.1. The largest absolute Gasteiger partial charge is 0.465 e. The Hall–Kier alpha value is -3.06. The van der Waals surface area contributed by atoms with Crippen molar-refractivity contribution in [1.82, 2.24) is 10.6 Å². The van der Waals surface area contributed by atoms with E-state index in [0.717, 1.165) is 31.4 Å². The van der Waals surface area contributed by atoms with Gasteiger partial charge >= 0.3 is 5.97 Å². The zero-order chi connectivity index (χ0) is 20.6. The number of hydrogen-bond acceptors (Lipinski definition) is 6. The van der Waals surface area contributed by atoms with Gasteiger partial charge in [-0.3, -0.25) is 10.1 Å². The predicted octanol–water partition coefficient (Wildman–Crippen LogP) is 2.89. The SMILES string of the molecule is COC(=O)c1ccc(CNc2cc(C(=O)NC3CCCCCN3)ccc2N)cc1. The first-order chi connectivity index (χ1) is 14.1. The molecule has 0 radical (unpaired) electrons. The first-order valence-corrected chi connectivity index (χ1v) is 9.91. The minimum atomic E-state index is -0.365. The van der Waals surface area contributed by atoms with Gasteiger partial charge in [-0.25, -0.2) is 4.79 Å². The summed E-state index contributed by atoms with van der Waals surface area (Å²) in [6, 6.07) is 12.4. The van der Waals surface area contributed by atoms with Crippen molar-refractivity contribution in [3.63, 3.8) is 0 Å². The number of anilines is 2. The number of rotatable bonds is 6. The lowest BCUT2D eigenvalue weighted by Crippen LogP contribution is -2.44. The van der Waals surface area contributed by atoms with E-state index in [4.69, 9.17) is 10.5 Å². The molecular weight excluding hydrogens is 368 g/mol. The number of nitrogens with two attached hydrogens (primary N) is 1. The topological polar surface area (TPSA) is 105 Å². The molecule has 1 aliphatic heterocycles. The molecule has 1 saturated heterocycles. The summed E-state index contributed by atoms with van der Waals surface area (Å²) in [5, 5.41) is 9.69. The molecule has 0 bridgehead atoms. The van der Waals surface area contributed by atoms with Crippen LogP contribution in [0.3, 0.4) is 0 Å². The summed E-state index contributed by atoms with van der Waals surface area (Å²) < 4.78 is 4.70. The summed E-state index contributed by atoms with van der Waals surface area (Å²) in [6.45, 7) is 1.44. The van der Waals surface area contributed by atoms with Crippen LogP contribution in [0.5, 0.6) is 0 Å². The standard InChI is InChI=1S/C22H28N4O3/c1-29-22(28)16-8-6-15(7-9-16)14-25-19-13-17(10-11-18(19)23)21(27)26-20-5-3-2-4-12-24-20/h6-11,13,20,24-25H,2-5,12,14,23H2,1H3,(H,26,27). The summed E-state index contributed by atoms with van der Waals surface area (Å²) >= 11 is 0. The normalized spacial score (nSPS) is 16.5. The van der Waals surface area contributed by atoms with Crippen molar-refractivity contribution >= 4 is 23.3 Å². The molecule has 5 N–H and O–H groups in total. The molecule has 29 heavy (non-hydrogen) atoms. The second-order valence-corrected chi connectivity index (χ2v) is 7.17. The lowest BCUT2D eigenvalue weighted by Gasteiger charge is -2.18. The van der Waals surface area contributed by atoms with Gasteiger partial charge in [0.05, 0.1) is 30.2 Å². The molecule has 2 aromatic carbocycles. The van der Waals surface area contributed by atoms with Crippen LogP contribution in [0.2, 0.25) is 0 Å². The van der Waals surface area contributed by atoms with Gasteiger partial charge in [0, 0.05) is 12.1 Å². The van der Waals surface area contributed by atoms with Crippen LogP contribution in [0.1, 0.15) is 52.0 Å². The monoisotopic (exact) mass is 396 g/mol. The predicted molar refractivity (Wildman–Crippen MR) is 114 cm³/mol. The summed E-state index contributed by atoms with van der Waals surface area (Å²) in [5.74, 6) is -0.481. The molecule has 0 saturated carbocycles. The van der Waals surface area contributed by atoms with Crippen LogP contribution in [-0.4, -0.2) is 31.7 Å². The number of carbonyl (C=O) groups is 2. The van der Waals surface area contributed by atoms with Crippen molar-refractivity contribution in [3.05, 3.63) is 59.2 Å². The molecule has 0 aliphatic carbocycles. The highest BCUT2D eigenvalue weighted by Gasteiger charge is 2.16. The Kier molecular flexibility index (Phi) is 7.08. The van der Waals surface area contributed by atoms with Gasteiger partial charge in [-0.1, -0.05) is 25.0 Å². The second kappa shape index (κ2) is 9.93. The highest BCUT2D eigenvalue weighted by Crippen LogP contribution is 2.21. The third-order valence-electron chi connectivity index (χ3n) is 5.04. The van der Waals surface area contributed by atoms with Gasteiger partial charge in [-0.15, -0.1) is 0 Å². The molecule has 154 valence electrons. The van der Waals surface area contributed by atoms with Crippen LogP contribution in [0.15, 0.2) is 42.5 Å². The quantitative estimate of drug-likeness (QED) is 0.442. The van der Waals surface area contributed by atoms with Gasteiger partial charge in [0.15, 0.2) is 0 Å². The lowest BCUT2D eigenvalue weighted by atomic mass is 10.1. The number of carbonyl (C=O) groups excluding carboxylic acids is 2. The molecule has 1 heterocycles. The van der Waals surface area contributed by atoms with Crippen LogP contribution < -0.4 is 21.7 Å². The van der Waals surface area contributed by atoms with E-state index >= 15 is 0 Å². The average molecular weight is 396 g/mol. The highest BCUT2D eigenvalue weighted by atomic mass is 16.5. The van der Waals surface area contributed by atoms with E-state index in [0.29, 0.717) is 29.0 Å². The first-order valence-electron chi connectivity index (χ1n) is 9.91. The Morgan fingerprint density at radius 2 is 1.86 bits per heavy atom. The number of esters is 1. The van der Waals surface area contributed by atoms with E-state index in [1.807, 2.05) is 12.1 Å². The van der Waals surface area contributed by atoms with E-state index in [2.05, 4.69) is 16.0 Å². The van der Waals surface area contributed by atoms with E-state index in [-0.39, 0.29) is 18.0 Å². The fourth-order valence-electron chi connectivity index (χ4n) is 3.32. The van der Waals surface area contributed by atoms with Gasteiger partial charge in [0.1, 0.15) is 0 Å². The molecule has 1 aliphatic rings. The minimum absolute atomic E-state index is 0.00675. The summed E-state index contributed by atoms with van der Waals surface area (Å²) in [6.07, 6.45) is 4.39. The maximum absolute atomic E-state index is 12.6. The smallest absolute Gasteiger partial charge is 0.337 e. The van der Waals surface area contributed by atoms with Crippen LogP contribution in [0.25, 0.3) is 0 Å². The van der Waals surface area contributed by atoms with Crippen molar-refractivity contribution in [2.75, 3.05) is 24.7 Å². The number of hydrogen-bond donors (Lipinski definition) is 4. The molecule has 0 aromatic heterocycles. The molecular formula is C22H28N4O3. The highest BCUT2D eigenvalue weighted by molar-refractivity contribution is 5.96. The van der Waals surface area contributed by atoms with Crippen molar-refractivity contribution in [3.8, 4) is 0 Å². The Balaban J connectivity index is 1.62. The number of nitrogen functional groups attached to an aromatic ring is 1. The third kappa shape index (κ3) is 5.71. The second-order valence-electron chi connectivity index (χ2n) is 7.17. The van der Waals surface area contributed by atoms with Gasteiger partial charge in [0.25, 0.3) is 5.91 Å². The Bertz CT molecular complexity index is 844. The van der Waals surface area contributed by atoms with E-state index in [9.17, 15) is 9.59 Å². The van der Waals surface area contributed by atoms with Crippen molar-refractivity contribution in [1.29, 1.82) is 0 Å².